The molecular formula is C43H43Cl3N2O3P2. The normalized spacial score (nSPS) is 11.5. The van der Waals surface area contributed by atoms with Crippen LogP contribution in [0, 0.1) is 0 Å². The number of hydrogen-bond acceptors (Lipinski definition) is 5. The third-order valence-electron chi connectivity index (χ3n) is 7.30. The van der Waals surface area contributed by atoms with Crippen molar-refractivity contribution >= 4 is 82.5 Å². The summed E-state index contributed by atoms with van der Waals surface area (Å²) in [6.07, 6.45) is 3.45. The summed E-state index contributed by atoms with van der Waals surface area (Å²) in [5.74, 6) is 2.31. The number of rotatable bonds is 9. The van der Waals surface area contributed by atoms with Gasteiger partial charge in [0, 0.05) is 33.0 Å². The Labute approximate surface area is 331 Å². The van der Waals surface area contributed by atoms with Gasteiger partial charge in [0.15, 0.2) is 0 Å². The topological polar surface area (TPSA) is 53.5 Å². The number of nitrogens with zero attached hydrogens (tertiary/aromatic N) is 2. The van der Waals surface area contributed by atoms with Gasteiger partial charge < -0.3 is 14.2 Å². The van der Waals surface area contributed by atoms with E-state index >= 15 is 0 Å². The highest BCUT2D eigenvalue weighted by Crippen LogP contribution is 2.38. The highest BCUT2D eigenvalue weighted by Gasteiger charge is 2.24. The van der Waals surface area contributed by atoms with Crippen molar-refractivity contribution in [1.82, 2.24) is 9.97 Å². The van der Waals surface area contributed by atoms with Crippen molar-refractivity contribution in [3.8, 4) is 17.4 Å². The lowest BCUT2D eigenvalue weighted by Gasteiger charge is -2.25. The van der Waals surface area contributed by atoms with Gasteiger partial charge in [-0.2, -0.15) is 0 Å². The fourth-order valence-electron chi connectivity index (χ4n) is 5.42. The molecule has 0 bridgehead atoms. The molecule has 4 aromatic carbocycles. The van der Waals surface area contributed by atoms with Crippen LogP contribution in [-0.2, 0) is 0 Å². The summed E-state index contributed by atoms with van der Waals surface area (Å²) >= 11 is 19.0. The fourth-order valence-corrected chi connectivity index (χ4v) is 11.1. The predicted molar refractivity (Wildman–Crippen MR) is 228 cm³/mol. The van der Waals surface area contributed by atoms with Crippen molar-refractivity contribution < 1.29 is 14.2 Å². The van der Waals surface area contributed by atoms with Crippen LogP contribution >= 0.6 is 50.6 Å². The van der Waals surface area contributed by atoms with Crippen molar-refractivity contribution in [2.75, 3.05) is 7.11 Å². The van der Waals surface area contributed by atoms with Gasteiger partial charge in [-0.3, -0.25) is 0 Å². The third kappa shape index (κ3) is 11.6. The maximum atomic E-state index is 6.55. The van der Waals surface area contributed by atoms with E-state index in [9.17, 15) is 0 Å². The molecule has 6 aromatic rings. The molecule has 0 aliphatic heterocycles. The number of halogens is 3. The summed E-state index contributed by atoms with van der Waals surface area (Å²) in [5, 5.41) is 8.53. The molecule has 0 radical (unpaired) electrons. The number of hydrogen-bond donors (Lipinski definition) is 0. The molecule has 0 fully saturated rings. The molecule has 53 heavy (non-hydrogen) atoms. The smallest absolute Gasteiger partial charge is 0.221 e. The molecule has 0 N–H and O–H groups in total. The van der Waals surface area contributed by atoms with E-state index in [1.807, 2.05) is 120 Å². The zero-order valence-electron chi connectivity index (χ0n) is 30.8. The first-order valence-corrected chi connectivity index (χ1v) is 20.8. The van der Waals surface area contributed by atoms with Crippen molar-refractivity contribution in [3.05, 3.63) is 149 Å². The van der Waals surface area contributed by atoms with Crippen molar-refractivity contribution in [1.29, 1.82) is 0 Å². The molecule has 5 nitrogen and oxygen atoms in total. The third-order valence-corrected chi connectivity index (χ3v) is 13.0. The highest BCUT2D eigenvalue weighted by molar-refractivity contribution is 7.80. The lowest BCUT2D eigenvalue weighted by molar-refractivity contribution is 0.130. The molecule has 10 heteroatoms. The molecule has 6 rings (SSSR count). The molecule has 2 heterocycles. The summed E-state index contributed by atoms with van der Waals surface area (Å²) in [7, 11) is -0.164. The Bertz CT molecular complexity index is 2030. The Morgan fingerprint density at radius 3 is 1.34 bits per heavy atom. The van der Waals surface area contributed by atoms with Crippen molar-refractivity contribution in [2.24, 2.45) is 0 Å². The van der Waals surface area contributed by atoms with E-state index in [1.54, 1.807) is 19.5 Å². The first kappa shape index (κ1) is 40.5. The summed E-state index contributed by atoms with van der Waals surface area (Å²) in [6, 6.07) is 40.2. The first-order chi connectivity index (χ1) is 25.2. The number of ether oxygens (including phenoxy) is 3. The highest BCUT2D eigenvalue weighted by atomic mass is 35.5. The molecule has 2 aromatic heterocycles. The molecule has 0 unspecified atom stereocenters. The van der Waals surface area contributed by atoms with Crippen LogP contribution in [0.25, 0.3) is 0 Å². The first-order valence-electron chi connectivity index (χ1n) is 17.0. The number of benzene rings is 4. The minimum atomic E-state index is -0.937. The number of methoxy groups -OCH3 is 1. The monoisotopic (exact) mass is 802 g/mol. The van der Waals surface area contributed by atoms with Crippen molar-refractivity contribution in [2.45, 2.75) is 52.7 Å². The van der Waals surface area contributed by atoms with E-state index in [2.05, 4.69) is 52.4 Å². The largest absolute Gasteiger partial charge is 0.488 e. The van der Waals surface area contributed by atoms with Gasteiger partial charge in [0.1, 0.15) is 27.9 Å². The van der Waals surface area contributed by atoms with Gasteiger partial charge in [-0.15, -0.1) is 0 Å². The predicted octanol–water partition coefficient (Wildman–Crippen LogP) is 10.0. The van der Waals surface area contributed by atoms with Crippen LogP contribution in [0.2, 0.25) is 15.2 Å². The zero-order chi connectivity index (χ0) is 38.2. The Morgan fingerprint density at radius 2 is 0.906 bits per heavy atom. The minimum Gasteiger partial charge on any atom is -0.488 e. The van der Waals surface area contributed by atoms with E-state index in [0.717, 1.165) is 43.3 Å². The molecule has 0 saturated carbocycles. The zero-order valence-corrected chi connectivity index (χ0v) is 34.9. The maximum absolute atomic E-state index is 6.55. The molecule has 0 aliphatic carbocycles. The number of aromatic nitrogens is 2. The van der Waals surface area contributed by atoms with Crippen LogP contribution < -0.4 is 46.0 Å². The summed E-state index contributed by atoms with van der Waals surface area (Å²) < 4.78 is 17.7. The van der Waals surface area contributed by atoms with Crippen LogP contribution in [0.4, 0.5) is 0 Å². The summed E-state index contributed by atoms with van der Waals surface area (Å²) in [5.41, 5.74) is -0.540. The van der Waals surface area contributed by atoms with Gasteiger partial charge in [0.25, 0.3) is 0 Å². The van der Waals surface area contributed by atoms with Gasteiger partial charge in [0.05, 0.1) is 7.11 Å². The lowest BCUT2D eigenvalue weighted by atomic mass is 10.2. The van der Waals surface area contributed by atoms with Gasteiger partial charge in [-0.25, -0.2) is 9.97 Å². The summed E-state index contributed by atoms with van der Waals surface area (Å²) in [4.78, 5) is 8.68. The Balaban J connectivity index is 0.000000211. The molecule has 0 saturated heterocycles. The van der Waals surface area contributed by atoms with E-state index in [0.29, 0.717) is 21.1 Å². The van der Waals surface area contributed by atoms with Crippen LogP contribution in [0.3, 0.4) is 0 Å². The minimum absolute atomic E-state index is 0.270. The average Bonchev–Trinajstić information content (AvgIpc) is 3.09. The Kier molecular flexibility index (Phi) is 13.8. The Morgan fingerprint density at radius 1 is 0.491 bits per heavy atom. The molecule has 0 spiro atoms. The van der Waals surface area contributed by atoms with E-state index in [4.69, 9.17) is 49.0 Å². The average molecular weight is 804 g/mol. The van der Waals surface area contributed by atoms with Gasteiger partial charge in [-0.1, -0.05) is 83.3 Å². The second-order valence-electron chi connectivity index (χ2n) is 13.9. The van der Waals surface area contributed by atoms with E-state index in [1.165, 1.54) is 0 Å². The molecule has 274 valence electrons. The Hall–Kier alpha value is -3.69. The second kappa shape index (κ2) is 18.1. The van der Waals surface area contributed by atoms with Gasteiger partial charge in [-0.05, 0) is 151 Å². The SMILES string of the molecule is CC(C)(C)Oc1cccc(P(c2cccc(OC(C)(C)C)c2)c2cccnc2Cl)c1.COc1ncccc1P(c1cccc(Cl)c1)c1cccc(Cl)c1. The molecular weight excluding hydrogens is 761 g/mol. The fraction of sp³-hybridized carbons (Fsp3) is 0.209. The molecule has 0 atom stereocenters. The van der Waals surface area contributed by atoms with Crippen LogP contribution in [-0.4, -0.2) is 28.3 Å². The molecule has 0 amide bonds. The number of pyridine rings is 2. The van der Waals surface area contributed by atoms with Crippen LogP contribution in [0.15, 0.2) is 134 Å². The second-order valence-corrected chi connectivity index (χ2v) is 19.5. The lowest BCUT2D eigenvalue weighted by Crippen LogP contribution is -2.26. The van der Waals surface area contributed by atoms with Crippen molar-refractivity contribution in [3.63, 3.8) is 0 Å². The van der Waals surface area contributed by atoms with Gasteiger partial charge >= 0.3 is 0 Å². The van der Waals surface area contributed by atoms with Crippen LogP contribution in [0.1, 0.15) is 41.5 Å². The summed E-state index contributed by atoms with van der Waals surface area (Å²) in [6.45, 7) is 12.3. The van der Waals surface area contributed by atoms with Gasteiger partial charge in [0.2, 0.25) is 5.88 Å². The quantitative estimate of drug-likeness (QED) is 0.108. The standard InChI is InChI=1S/C25H29ClNO2P.C18H14Cl2NOP/c1-24(2,3)28-18-10-7-12-20(16-18)30(22-14-9-15-27-23(22)26)21-13-8-11-19(17-21)29-25(4,5)6;1-22-18-17(9-4-10-21-18)23(15-7-2-5-13(19)11-15)16-8-3-6-14(20)12-16/h7-17H,1-6H3;2-12H,1H3. The van der Waals surface area contributed by atoms with E-state index in [-0.39, 0.29) is 11.2 Å². The van der Waals surface area contributed by atoms with Crippen LogP contribution in [0.5, 0.6) is 17.4 Å². The maximum Gasteiger partial charge on any atom is 0.221 e. The van der Waals surface area contributed by atoms with E-state index < -0.39 is 15.8 Å². The molecule has 0 aliphatic rings.